The third-order valence-corrected chi connectivity index (χ3v) is 2.91. The van der Waals surface area contributed by atoms with Crippen LogP contribution in [-0.2, 0) is 4.74 Å². The summed E-state index contributed by atoms with van der Waals surface area (Å²) in [6.07, 6.45) is 1.64. The van der Waals surface area contributed by atoms with Crippen molar-refractivity contribution in [2.75, 3.05) is 19.0 Å². The first-order valence-electron chi connectivity index (χ1n) is 6.14. The van der Waals surface area contributed by atoms with Gasteiger partial charge in [-0.15, -0.1) is 0 Å². The Hall–Kier alpha value is -1.94. The third kappa shape index (κ3) is 3.76. The Bertz CT molecular complexity index is 528. The summed E-state index contributed by atoms with van der Waals surface area (Å²) in [5, 5.41) is 3.29. The lowest BCUT2D eigenvalue weighted by Crippen LogP contribution is -2.14. The zero-order valence-electron chi connectivity index (χ0n) is 11.1. The molecule has 2 rings (SSSR count). The maximum Gasteiger partial charge on any atom is 0.123 e. The van der Waals surface area contributed by atoms with Gasteiger partial charge in [-0.05, 0) is 36.8 Å². The van der Waals surface area contributed by atoms with Crippen LogP contribution in [0.1, 0.15) is 17.4 Å². The van der Waals surface area contributed by atoms with Crippen molar-refractivity contribution in [1.29, 1.82) is 0 Å². The number of nitrogens with zero attached hydrogens (tertiary/aromatic N) is 1. The van der Waals surface area contributed by atoms with Crippen LogP contribution in [0.2, 0.25) is 0 Å². The summed E-state index contributed by atoms with van der Waals surface area (Å²) in [5.41, 5.74) is 2.90. The second-order valence-electron chi connectivity index (χ2n) is 4.34. The van der Waals surface area contributed by atoms with Gasteiger partial charge in [0.05, 0.1) is 6.10 Å². The van der Waals surface area contributed by atoms with Crippen LogP contribution in [0.15, 0.2) is 42.6 Å². The number of pyridine rings is 1. The van der Waals surface area contributed by atoms with Gasteiger partial charge >= 0.3 is 0 Å². The SMILES string of the molecule is COC(CNc1ccnc(C)c1)c1ccc(F)cc1. The molecule has 2 aromatic rings. The van der Waals surface area contributed by atoms with Crippen LogP contribution in [0.4, 0.5) is 10.1 Å². The minimum atomic E-state index is -0.240. The second kappa shape index (κ2) is 6.29. The van der Waals surface area contributed by atoms with E-state index < -0.39 is 0 Å². The molecule has 0 aliphatic carbocycles. The molecule has 1 heterocycles. The van der Waals surface area contributed by atoms with E-state index in [9.17, 15) is 4.39 Å². The number of benzene rings is 1. The number of aromatic nitrogens is 1. The minimum absolute atomic E-state index is 0.117. The van der Waals surface area contributed by atoms with Crippen molar-refractivity contribution in [1.82, 2.24) is 4.98 Å². The number of hydrogen-bond donors (Lipinski definition) is 1. The van der Waals surface area contributed by atoms with E-state index in [1.165, 1.54) is 12.1 Å². The third-order valence-electron chi connectivity index (χ3n) is 2.91. The zero-order chi connectivity index (χ0) is 13.7. The lowest BCUT2D eigenvalue weighted by molar-refractivity contribution is 0.114. The van der Waals surface area contributed by atoms with Crippen LogP contribution in [0.3, 0.4) is 0 Å². The van der Waals surface area contributed by atoms with Crippen LogP contribution >= 0.6 is 0 Å². The van der Waals surface area contributed by atoms with Crippen LogP contribution in [0, 0.1) is 12.7 Å². The van der Waals surface area contributed by atoms with Gasteiger partial charge in [0.15, 0.2) is 0 Å². The van der Waals surface area contributed by atoms with Crippen molar-refractivity contribution in [3.63, 3.8) is 0 Å². The molecule has 1 aromatic carbocycles. The highest BCUT2D eigenvalue weighted by atomic mass is 19.1. The van der Waals surface area contributed by atoms with E-state index >= 15 is 0 Å². The van der Waals surface area contributed by atoms with Gasteiger partial charge in [-0.25, -0.2) is 4.39 Å². The van der Waals surface area contributed by atoms with Crippen molar-refractivity contribution < 1.29 is 9.13 Å². The normalized spacial score (nSPS) is 12.2. The fourth-order valence-electron chi connectivity index (χ4n) is 1.88. The van der Waals surface area contributed by atoms with Gasteiger partial charge in [0.2, 0.25) is 0 Å². The van der Waals surface area contributed by atoms with Crippen LogP contribution in [0.25, 0.3) is 0 Å². The summed E-state index contributed by atoms with van der Waals surface area (Å²) in [5.74, 6) is -0.240. The van der Waals surface area contributed by atoms with E-state index in [0.717, 1.165) is 16.9 Å². The van der Waals surface area contributed by atoms with Crippen molar-refractivity contribution in [2.45, 2.75) is 13.0 Å². The average molecular weight is 260 g/mol. The Morgan fingerprint density at radius 3 is 2.63 bits per heavy atom. The summed E-state index contributed by atoms with van der Waals surface area (Å²) in [6, 6.07) is 10.2. The molecule has 0 spiro atoms. The molecule has 1 N–H and O–H groups in total. The minimum Gasteiger partial charge on any atom is -0.382 e. The van der Waals surface area contributed by atoms with Gasteiger partial charge in [-0.3, -0.25) is 4.98 Å². The number of halogens is 1. The first-order chi connectivity index (χ1) is 9.19. The number of methoxy groups -OCH3 is 1. The van der Waals surface area contributed by atoms with Crippen molar-refractivity contribution in [3.05, 3.63) is 59.7 Å². The molecule has 0 radical (unpaired) electrons. The van der Waals surface area contributed by atoms with Gasteiger partial charge in [-0.1, -0.05) is 12.1 Å². The van der Waals surface area contributed by atoms with E-state index in [1.807, 2.05) is 19.1 Å². The standard InChI is InChI=1S/C15H17FN2O/c1-11-9-14(7-8-17-11)18-10-15(19-2)12-3-5-13(16)6-4-12/h3-9,15H,10H2,1-2H3,(H,17,18). The molecular formula is C15H17FN2O. The van der Waals surface area contributed by atoms with Gasteiger partial charge < -0.3 is 10.1 Å². The maximum absolute atomic E-state index is 12.9. The summed E-state index contributed by atoms with van der Waals surface area (Å²) in [6.45, 7) is 2.56. The zero-order valence-corrected chi connectivity index (χ0v) is 11.1. The smallest absolute Gasteiger partial charge is 0.123 e. The van der Waals surface area contributed by atoms with E-state index in [4.69, 9.17) is 4.74 Å². The maximum atomic E-state index is 12.9. The quantitative estimate of drug-likeness (QED) is 0.895. The molecule has 1 atom stereocenters. The Balaban J connectivity index is 2.01. The molecule has 4 heteroatoms. The number of nitrogens with one attached hydrogen (secondary N) is 1. The van der Waals surface area contributed by atoms with Crippen molar-refractivity contribution in [3.8, 4) is 0 Å². The molecule has 100 valence electrons. The fourth-order valence-corrected chi connectivity index (χ4v) is 1.88. The van der Waals surface area contributed by atoms with Crippen LogP contribution in [-0.4, -0.2) is 18.6 Å². The van der Waals surface area contributed by atoms with Gasteiger partial charge in [-0.2, -0.15) is 0 Å². The average Bonchev–Trinajstić information content (AvgIpc) is 2.41. The topological polar surface area (TPSA) is 34.1 Å². The van der Waals surface area contributed by atoms with Gasteiger partial charge in [0.25, 0.3) is 0 Å². The van der Waals surface area contributed by atoms with E-state index in [0.29, 0.717) is 6.54 Å². The predicted molar refractivity (Wildman–Crippen MR) is 73.6 cm³/mol. The monoisotopic (exact) mass is 260 g/mol. The molecule has 0 aliphatic heterocycles. The number of ether oxygens (including phenoxy) is 1. The number of rotatable bonds is 5. The Morgan fingerprint density at radius 1 is 1.26 bits per heavy atom. The van der Waals surface area contributed by atoms with Crippen LogP contribution in [0.5, 0.6) is 0 Å². The van der Waals surface area contributed by atoms with Crippen molar-refractivity contribution >= 4 is 5.69 Å². The molecule has 3 nitrogen and oxygen atoms in total. The lowest BCUT2D eigenvalue weighted by atomic mass is 10.1. The fraction of sp³-hybridized carbons (Fsp3) is 0.267. The predicted octanol–water partition coefficient (Wildman–Crippen LogP) is 3.33. The largest absolute Gasteiger partial charge is 0.382 e. The molecule has 1 unspecified atom stereocenters. The first kappa shape index (κ1) is 13.5. The van der Waals surface area contributed by atoms with E-state index in [-0.39, 0.29) is 11.9 Å². The Morgan fingerprint density at radius 2 is 2.00 bits per heavy atom. The highest BCUT2D eigenvalue weighted by Gasteiger charge is 2.10. The molecule has 1 aromatic heterocycles. The summed E-state index contributed by atoms with van der Waals surface area (Å²) in [4.78, 5) is 4.14. The molecular weight excluding hydrogens is 243 g/mol. The molecule has 0 saturated carbocycles. The highest BCUT2D eigenvalue weighted by Crippen LogP contribution is 2.18. The molecule has 0 bridgehead atoms. The van der Waals surface area contributed by atoms with Gasteiger partial charge in [0.1, 0.15) is 5.82 Å². The van der Waals surface area contributed by atoms with Crippen molar-refractivity contribution in [2.24, 2.45) is 0 Å². The van der Waals surface area contributed by atoms with Gasteiger partial charge in [0, 0.05) is 31.2 Å². The highest BCUT2D eigenvalue weighted by molar-refractivity contribution is 5.43. The van der Waals surface area contributed by atoms with Crippen LogP contribution < -0.4 is 5.32 Å². The number of anilines is 1. The Labute approximate surface area is 112 Å². The number of aryl methyl sites for hydroxylation is 1. The molecule has 0 saturated heterocycles. The lowest BCUT2D eigenvalue weighted by Gasteiger charge is -2.17. The second-order valence-corrected chi connectivity index (χ2v) is 4.34. The molecule has 19 heavy (non-hydrogen) atoms. The van der Waals surface area contributed by atoms with E-state index in [2.05, 4.69) is 10.3 Å². The summed E-state index contributed by atoms with van der Waals surface area (Å²) in [7, 11) is 1.65. The summed E-state index contributed by atoms with van der Waals surface area (Å²) < 4.78 is 18.3. The summed E-state index contributed by atoms with van der Waals surface area (Å²) >= 11 is 0. The van der Waals surface area contributed by atoms with E-state index in [1.54, 1.807) is 25.4 Å². The number of hydrogen-bond acceptors (Lipinski definition) is 3. The Kier molecular flexibility index (Phi) is 4.47. The first-order valence-corrected chi connectivity index (χ1v) is 6.14. The molecule has 0 amide bonds. The molecule has 0 aliphatic rings. The molecule has 0 fully saturated rings.